The highest BCUT2D eigenvalue weighted by molar-refractivity contribution is 5.21. The second-order valence-corrected chi connectivity index (χ2v) is 4.72. The Balaban J connectivity index is 2.47. The SMILES string of the molecule is CCC(C)(C)[NH+]([O-])OC1C=CC(C)=CC1. The molecule has 0 aromatic carbocycles. The van der Waals surface area contributed by atoms with E-state index in [1.165, 1.54) is 5.57 Å². The van der Waals surface area contributed by atoms with Gasteiger partial charge in [0.15, 0.2) is 0 Å². The number of nitrogens with one attached hydrogen (secondary N) is 1. The van der Waals surface area contributed by atoms with Crippen LogP contribution in [0.1, 0.15) is 40.5 Å². The van der Waals surface area contributed by atoms with Crippen LogP contribution in [0, 0.1) is 5.21 Å². The van der Waals surface area contributed by atoms with Crippen LogP contribution in [-0.2, 0) is 4.84 Å². The van der Waals surface area contributed by atoms with Crippen LogP contribution in [0.25, 0.3) is 0 Å². The maximum Gasteiger partial charge on any atom is 0.139 e. The van der Waals surface area contributed by atoms with Crippen molar-refractivity contribution in [3.63, 3.8) is 0 Å². The summed E-state index contributed by atoms with van der Waals surface area (Å²) in [5.41, 5.74) is 0.862. The van der Waals surface area contributed by atoms with Crippen LogP contribution >= 0.6 is 0 Å². The van der Waals surface area contributed by atoms with Gasteiger partial charge in [0, 0.05) is 12.8 Å². The molecule has 0 heterocycles. The molecule has 15 heavy (non-hydrogen) atoms. The fourth-order valence-corrected chi connectivity index (χ4v) is 1.24. The second kappa shape index (κ2) is 4.92. The Morgan fingerprint density at radius 2 is 2.27 bits per heavy atom. The molecule has 3 nitrogen and oxygen atoms in total. The lowest BCUT2D eigenvalue weighted by molar-refractivity contribution is -1.09. The van der Waals surface area contributed by atoms with Gasteiger partial charge in [-0.15, -0.1) is 0 Å². The number of quaternary nitrogens is 1. The van der Waals surface area contributed by atoms with E-state index in [1.54, 1.807) is 0 Å². The Morgan fingerprint density at radius 3 is 2.73 bits per heavy atom. The van der Waals surface area contributed by atoms with E-state index in [2.05, 4.69) is 6.08 Å². The molecule has 1 N–H and O–H groups in total. The summed E-state index contributed by atoms with van der Waals surface area (Å²) in [6, 6.07) is 0. The van der Waals surface area contributed by atoms with Gasteiger partial charge in [-0.3, -0.25) is 0 Å². The molecule has 0 spiro atoms. The molecule has 0 aromatic heterocycles. The maximum atomic E-state index is 11.8. The predicted octanol–water partition coefficient (Wildman–Crippen LogP) is 1.76. The highest BCUT2D eigenvalue weighted by Crippen LogP contribution is 2.12. The van der Waals surface area contributed by atoms with Gasteiger partial charge < -0.3 is 5.21 Å². The van der Waals surface area contributed by atoms with E-state index in [9.17, 15) is 5.21 Å². The molecular weight excluding hydrogens is 190 g/mol. The van der Waals surface area contributed by atoms with Gasteiger partial charge in [-0.2, -0.15) is 4.84 Å². The van der Waals surface area contributed by atoms with E-state index < -0.39 is 0 Å². The molecule has 0 bridgehead atoms. The van der Waals surface area contributed by atoms with Gasteiger partial charge in [0.25, 0.3) is 0 Å². The Hall–Kier alpha value is -0.640. The highest BCUT2D eigenvalue weighted by Gasteiger charge is 2.26. The van der Waals surface area contributed by atoms with Crippen LogP contribution in [0.4, 0.5) is 0 Å². The van der Waals surface area contributed by atoms with Gasteiger partial charge in [0.1, 0.15) is 11.6 Å². The first kappa shape index (κ1) is 12.4. The van der Waals surface area contributed by atoms with E-state index in [4.69, 9.17) is 4.84 Å². The summed E-state index contributed by atoms with van der Waals surface area (Å²) in [5.74, 6) is 0. The molecule has 2 atom stereocenters. The molecule has 0 aromatic rings. The Morgan fingerprint density at radius 1 is 1.60 bits per heavy atom. The number of hydrogen-bond donors (Lipinski definition) is 1. The molecular formula is C12H21NO2. The minimum atomic E-state index is -0.371. The first-order valence-corrected chi connectivity index (χ1v) is 5.52. The number of rotatable bonds is 4. The van der Waals surface area contributed by atoms with Crippen molar-refractivity contribution in [1.82, 2.24) is 0 Å². The Kier molecular flexibility index (Phi) is 4.08. The standard InChI is InChI=1S/C12H21NO2/c1-5-12(3,4)13(14)15-11-8-6-10(2)7-9-11/h6-8,11,13H,5,9H2,1-4H3. The zero-order chi connectivity index (χ0) is 11.5. The molecule has 0 radical (unpaired) electrons. The minimum absolute atomic E-state index is 0.0768. The van der Waals surface area contributed by atoms with Crippen molar-refractivity contribution < 1.29 is 10.1 Å². The van der Waals surface area contributed by atoms with Crippen molar-refractivity contribution >= 4 is 0 Å². The molecule has 1 rings (SSSR count). The number of hydroxylamine groups is 2. The molecule has 1 aliphatic rings. The molecule has 0 saturated carbocycles. The topological polar surface area (TPSA) is 36.7 Å². The average molecular weight is 211 g/mol. The van der Waals surface area contributed by atoms with E-state index >= 15 is 0 Å². The first-order valence-electron chi connectivity index (χ1n) is 5.52. The summed E-state index contributed by atoms with van der Waals surface area (Å²) in [5, 5.41) is 11.7. The van der Waals surface area contributed by atoms with E-state index in [-0.39, 0.29) is 16.9 Å². The van der Waals surface area contributed by atoms with Gasteiger partial charge in [-0.05, 0) is 26.8 Å². The third-order valence-electron chi connectivity index (χ3n) is 2.94. The summed E-state index contributed by atoms with van der Waals surface area (Å²) >= 11 is 0. The van der Waals surface area contributed by atoms with Gasteiger partial charge in [-0.1, -0.05) is 24.6 Å². The predicted molar refractivity (Wildman–Crippen MR) is 61.1 cm³/mol. The van der Waals surface area contributed by atoms with Gasteiger partial charge in [0.05, 0.1) is 0 Å². The van der Waals surface area contributed by atoms with E-state index in [0.29, 0.717) is 0 Å². The number of hydrogen-bond acceptors (Lipinski definition) is 2. The van der Waals surface area contributed by atoms with Crippen LogP contribution in [0.2, 0.25) is 0 Å². The molecule has 0 fully saturated rings. The molecule has 0 aliphatic heterocycles. The van der Waals surface area contributed by atoms with Crippen LogP contribution in [0.5, 0.6) is 0 Å². The van der Waals surface area contributed by atoms with Crippen molar-refractivity contribution in [3.05, 3.63) is 29.0 Å². The average Bonchev–Trinajstić information content (AvgIpc) is 2.21. The van der Waals surface area contributed by atoms with Gasteiger partial charge in [0.2, 0.25) is 0 Å². The third kappa shape index (κ3) is 3.45. The molecule has 86 valence electrons. The smallest absolute Gasteiger partial charge is 0.139 e. The highest BCUT2D eigenvalue weighted by atomic mass is 16.9. The quantitative estimate of drug-likeness (QED) is 0.719. The van der Waals surface area contributed by atoms with Crippen LogP contribution in [0.3, 0.4) is 0 Å². The van der Waals surface area contributed by atoms with E-state index in [1.807, 2.05) is 39.8 Å². The Bertz CT molecular complexity index is 269. The van der Waals surface area contributed by atoms with Crippen molar-refractivity contribution in [2.75, 3.05) is 0 Å². The monoisotopic (exact) mass is 211 g/mol. The summed E-state index contributed by atoms with van der Waals surface area (Å²) in [7, 11) is 0. The molecule has 1 aliphatic carbocycles. The van der Waals surface area contributed by atoms with Crippen molar-refractivity contribution in [2.24, 2.45) is 0 Å². The fraction of sp³-hybridized carbons (Fsp3) is 0.667. The van der Waals surface area contributed by atoms with Crippen LogP contribution in [-0.4, -0.2) is 11.6 Å². The summed E-state index contributed by atoms with van der Waals surface area (Å²) in [4.78, 5) is 5.43. The lowest BCUT2D eigenvalue weighted by Crippen LogP contribution is -3.14. The minimum Gasteiger partial charge on any atom is -0.599 e. The van der Waals surface area contributed by atoms with Gasteiger partial charge in [-0.25, -0.2) is 5.23 Å². The zero-order valence-electron chi connectivity index (χ0n) is 10.0. The lowest BCUT2D eigenvalue weighted by atomic mass is 10.0. The fourth-order valence-electron chi connectivity index (χ4n) is 1.24. The largest absolute Gasteiger partial charge is 0.599 e. The van der Waals surface area contributed by atoms with E-state index in [0.717, 1.165) is 12.8 Å². The lowest BCUT2D eigenvalue weighted by Gasteiger charge is -2.36. The van der Waals surface area contributed by atoms with Crippen LogP contribution in [0.15, 0.2) is 23.8 Å². The van der Waals surface area contributed by atoms with Crippen LogP contribution < -0.4 is 5.23 Å². The maximum absolute atomic E-state index is 11.8. The zero-order valence-corrected chi connectivity index (χ0v) is 10.0. The number of allylic oxidation sites excluding steroid dienone is 2. The summed E-state index contributed by atoms with van der Waals surface area (Å²) in [6.07, 6.45) is 7.58. The molecule has 3 heteroatoms. The van der Waals surface area contributed by atoms with Gasteiger partial charge >= 0.3 is 0 Å². The molecule has 2 unspecified atom stereocenters. The third-order valence-corrected chi connectivity index (χ3v) is 2.94. The normalized spacial score (nSPS) is 23.8. The molecule has 0 amide bonds. The Labute approximate surface area is 91.9 Å². The molecule has 0 saturated heterocycles. The summed E-state index contributed by atoms with van der Waals surface area (Å²) in [6.45, 7) is 7.89. The van der Waals surface area contributed by atoms with Crippen molar-refractivity contribution in [2.45, 2.75) is 52.2 Å². The second-order valence-electron chi connectivity index (χ2n) is 4.72. The van der Waals surface area contributed by atoms with Crippen molar-refractivity contribution in [1.29, 1.82) is 0 Å². The summed E-state index contributed by atoms with van der Waals surface area (Å²) < 4.78 is 0. The first-order chi connectivity index (χ1) is 6.95. The van der Waals surface area contributed by atoms with Crippen molar-refractivity contribution in [3.8, 4) is 0 Å².